The average molecular weight is 385 g/mol. The molecule has 0 spiro atoms. The number of aryl methyl sites for hydroxylation is 1. The third-order valence-electron chi connectivity index (χ3n) is 4.08. The lowest BCUT2D eigenvalue weighted by Crippen LogP contribution is -2.27. The van der Waals surface area contributed by atoms with E-state index >= 15 is 0 Å². The van der Waals surface area contributed by atoms with Crippen LogP contribution in [-0.2, 0) is 6.61 Å². The second-order valence-electron chi connectivity index (χ2n) is 6.10. The number of methoxy groups -OCH3 is 1. The topological polar surface area (TPSA) is 86.5 Å². The number of hydrogen-bond acceptors (Lipinski definition) is 6. The summed E-state index contributed by atoms with van der Waals surface area (Å²) in [5, 5.41) is 6.60. The Balaban J connectivity index is 1.70. The van der Waals surface area contributed by atoms with Crippen LogP contribution in [0.2, 0.25) is 0 Å². The lowest BCUT2D eigenvalue weighted by Gasteiger charge is -2.17. The number of aromatic nitrogens is 2. The minimum Gasteiger partial charge on any atom is -0.494 e. The Morgan fingerprint density at radius 1 is 1.25 bits per heavy atom. The summed E-state index contributed by atoms with van der Waals surface area (Å²) >= 11 is 0. The highest BCUT2D eigenvalue weighted by Crippen LogP contribution is 2.23. The Morgan fingerprint density at radius 3 is 2.71 bits per heavy atom. The summed E-state index contributed by atoms with van der Waals surface area (Å²) in [6, 6.07) is 11.0. The zero-order valence-corrected chi connectivity index (χ0v) is 15.7. The van der Waals surface area contributed by atoms with Crippen LogP contribution in [0.4, 0.5) is 4.39 Å². The van der Waals surface area contributed by atoms with Crippen molar-refractivity contribution < 1.29 is 23.2 Å². The first-order valence-electron chi connectivity index (χ1n) is 8.63. The van der Waals surface area contributed by atoms with Gasteiger partial charge < -0.3 is 19.3 Å². The molecule has 146 valence electrons. The van der Waals surface area contributed by atoms with Crippen LogP contribution in [0.1, 0.15) is 40.6 Å². The zero-order valence-electron chi connectivity index (χ0n) is 15.7. The quantitative estimate of drug-likeness (QED) is 0.669. The molecule has 0 fully saturated rings. The molecule has 1 amide bonds. The number of carbonyl (C=O) groups excluding carboxylic acids is 1. The monoisotopic (exact) mass is 385 g/mol. The Hall–Kier alpha value is -3.42. The summed E-state index contributed by atoms with van der Waals surface area (Å²) in [7, 11) is 1.40. The smallest absolute Gasteiger partial charge is 0.255 e. The number of rotatable bonds is 7. The lowest BCUT2D eigenvalue weighted by atomic mass is 10.1. The van der Waals surface area contributed by atoms with Gasteiger partial charge in [-0.25, -0.2) is 4.39 Å². The van der Waals surface area contributed by atoms with Crippen molar-refractivity contribution in [1.82, 2.24) is 15.5 Å². The Bertz CT molecular complexity index is 974. The molecule has 1 N–H and O–H groups in total. The molecule has 1 aromatic heterocycles. The Morgan fingerprint density at radius 2 is 2.04 bits per heavy atom. The van der Waals surface area contributed by atoms with Gasteiger partial charge in [0.05, 0.1) is 18.7 Å². The molecule has 2 aromatic carbocycles. The highest BCUT2D eigenvalue weighted by atomic mass is 19.1. The lowest BCUT2D eigenvalue weighted by molar-refractivity contribution is 0.0935. The SMILES string of the molecule is COc1ccc([C@H](C)NC(=O)c2ccccc2OCc2noc(C)n2)cc1F. The molecule has 0 unspecified atom stereocenters. The molecule has 0 radical (unpaired) electrons. The number of benzene rings is 2. The normalized spacial score (nSPS) is 11.7. The van der Waals surface area contributed by atoms with Crippen LogP contribution in [0.15, 0.2) is 47.0 Å². The number of para-hydroxylation sites is 1. The van der Waals surface area contributed by atoms with Gasteiger partial charge in [0.2, 0.25) is 11.7 Å². The van der Waals surface area contributed by atoms with E-state index in [4.69, 9.17) is 14.0 Å². The number of ether oxygens (including phenoxy) is 2. The first-order chi connectivity index (χ1) is 13.5. The fourth-order valence-corrected chi connectivity index (χ4v) is 2.63. The van der Waals surface area contributed by atoms with E-state index in [0.717, 1.165) is 0 Å². The number of hydrogen-bond donors (Lipinski definition) is 1. The maximum absolute atomic E-state index is 13.9. The molecule has 0 bridgehead atoms. The van der Waals surface area contributed by atoms with Gasteiger partial charge in [-0.15, -0.1) is 0 Å². The van der Waals surface area contributed by atoms with Gasteiger partial charge in [0.1, 0.15) is 5.75 Å². The molecular weight excluding hydrogens is 365 g/mol. The maximum atomic E-state index is 13.9. The van der Waals surface area contributed by atoms with E-state index in [1.807, 2.05) is 0 Å². The van der Waals surface area contributed by atoms with Crippen molar-refractivity contribution in [3.05, 3.63) is 71.1 Å². The van der Waals surface area contributed by atoms with Gasteiger partial charge in [-0.1, -0.05) is 23.4 Å². The van der Waals surface area contributed by atoms with Crippen LogP contribution >= 0.6 is 0 Å². The van der Waals surface area contributed by atoms with E-state index in [1.54, 1.807) is 44.2 Å². The predicted octanol–water partition coefficient (Wildman–Crippen LogP) is 3.60. The van der Waals surface area contributed by atoms with E-state index in [1.165, 1.54) is 19.2 Å². The van der Waals surface area contributed by atoms with Crippen molar-refractivity contribution in [2.45, 2.75) is 26.5 Å². The number of nitrogens with one attached hydrogen (secondary N) is 1. The van der Waals surface area contributed by atoms with Gasteiger partial charge in [0.15, 0.2) is 18.2 Å². The summed E-state index contributed by atoms with van der Waals surface area (Å²) in [6.45, 7) is 3.52. The van der Waals surface area contributed by atoms with Crippen LogP contribution in [0.25, 0.3) is 0 Å². The van der Waals surface area contributed by atoms with Gasteiger partial charge in [-0.2, -0.15) is 4.98 Å². The van der Waals surface area contributed by atoms with Crippen molar-refractivity contribution in [1.29, 1.82) is 0 Å². The molecule has 7 nitrogen and oxygen atoms in total. The molecule has 0 aliphatic carbocycles. The molecule has 0 aliphatic rings. The second kappa shape index (κ2) is 8.51. The van der Waals surface area contributed by atoms with Gasteiger partial charge >= 0.3 is 0 Å². The van der Waals surface area contributed by atoms with Crippen LogP contribution in [0.3, 0.4) is 0 Å². The first kappa shape index (κ1) is 19.3. The number of amides is 1. The van der Waals surface area contributed by atoms with E-state index < -0.39 is 11.9 Å². The summed E-state index contributed by atoms with van der Waals surface area (Å²) in [6.07, 6.45) is 0. The minimum absolute atomic E-state index is 0.0703. The van der Waals surface area contributed by atoms with Gasteiger partial charge in [-0.3, -0.25) is 4.79 Å². The van der Waals surface area contributed by atoms with E-state index in [0.29, 0.717) is 28.6 Å². The average Bonchev–Trinajstić information content (AvgIpc) is 3.11. The largest absolute Gasteiger partial charge is 0.494 e. The zero-order chi connectivity index (χ0) is 20.1. The fourth-order valence-electron chi connectivity index (χ4n) is 2.63. The highest BCUT2D eigenvalue weighted by molar-refractivity contribution is 5.97. The Kier molecular flexibility index (Phi) is 5.88. The first-order valence-corrected chi connectivity index (χ1v) is 8.63. The maximum Gasteiger partial charge on any atom is 0.255 e. The third-order valence-corrected chi connectivity index (χ3v) is 4.08. The molecule has 0 saturated carbocycles. The number of nitrogens with zero attached hydrogens (tertiary/aromatic N) is 2. The summed E-state index contributed by atoms with van der Waals surface area (Å²) < 4.78 is 29.4. The second-order valence-corrected chi connectivity index (χ2v) is 6.10. The standard InChI is InChI=1S/C20H20FN3O4/c1-12(14-8-9-18(26-3)16(21)10-14)22-20(25)15-6-4-5-7-17(15)27-11-19-23-13(2)28-24-19/h4-10,12H,11H2,1-3H3,(H,22,25)/t12-/m0/s1. The predicted molar refractivity (Wildman–Crippen MR) is 98.6 cm³/mol. The molecule has 1 heterocycles. The van der Waals surface area contributed by atoms with Gasteiger partial charge in [0.25, 0.3) is 5.91 Å². The summed E-state index contributed by atoms with van der Waals surface area (Å²) in [5.41, 5.74) is 0.968. The van der Waals surface area contributed by atoms with E-state index in [9.17, 15) is 9.18 Å². The van der Waals surface area contributed by atoms with Crippen LogP contribution in [0.5, 0.6) is 11.5 Å². The molecular formula is C20H20FN3O4. The number of halogens is 1. The molecule has 1 atom stereocenters. The van der Waals surface area contributed by atoms with Crippen LogP contribution in [-0.4, -0.2) is 23.2 Å². The molecule has 3 rings (SSSR count). The fraction of sp³-hybridized carbons (Fsp3) is 0.250. The third kappa shape index (κ3) is 4.46. The van der Waals surface area contributed by atoms with Crippen molar-refractivity contribution in [2.24, 2.45) is 0 Å². The highest BCUT2D eigenvalue weighted by Gasteiger charge is 2.17. The van der Waals surface area contributed by atoms with E-state index in [-0.39, 0.29) is 18.3 Å². The molecule has 28 heavy (non-hydrogen) atoms. The number of carbonyl (C=O) groups is 1. The molecule has 3 aromatic rings. The summed E-state index contributed by atoms with van der Waals surface area (Å²) in [4.78, 5) is 16.8. The van der Waals surface area contributed by atoms with Crippen LogP contribution < -0.4 is 14.8 Å². The van der Waals surface area contributed by atoms with Crippen molar-refractivity contribution in [3.8, 4) is 11.5 Å². The minimum atomic E-state index is -0.486. The van der Waals surface area contributed by atoms with Gasteiger partial charge in [0, 0.05) is 6.92 Å². The summed E-state index contributed by atoms with van der Waals surface area (Å²) in [5.74, 6) is 0.525. The molecule has 0 saturated heterocycles. The van der Waals surface area contributed by atoms with Gasteiger partial charge in [-0.05, 0) is 36.8 Å². The van der Waals surface area contributed by atoms with Crippen molar-refractivity contribution in [3.63, 3.8) is 0 Å². The van der Waals surface area contributed by atoms with Crippen molar-refractivity contribution in [2.75, 3.05) is 7.11 Å². The molecule has 8 heteroatoms. The van der Waals surface area contributed by atoms with Crippen LogP contribution in [0, 0.1) is 12.7 Å². The molecule has 0 aliphatic heterocycles. The van der Waals surface area contributed by atoms with E-state index in [2.05, 4.69) is 15.5 Å². The van der Waals surface area contributed by atoms with Crippen molar-refractivity contribution >= 4 is 5.91 Å². The Labute approximate surface area is 161 Å².